The zero-order valence-corrected chi connectivity index (χ0v) is 13.3. The van der Waals surface area contributed by atoms with Gasteiger partial charge in [-0.3, -0.25) is 0 Å². The molecular weight excluding hydrogens is 286 g/mol. The Labute approximate surface area is 126 Å². The van der Waals surface area contributed by atoms with Gasteiger partial charge < -0.3 is 4.74 Å². The third-order valence-corrected chi connectivity index (χ3v) is 6.18. The lowest BCUT2D eigenvalue weighted by Crippen LogP contribution is -2.41. The zero-order chi connectivity index (χ0) is 14.9. The lowest BCUT2D eigenvalue weighted by Gasteiger charge is -2.28. The molecule has 1 heterocycles. The Morgan fingerprint density at radius 2 is 2.05 bits per heavy atom. The van der Waals surface area contributed by atoms with Crippen LogP contribution in [-0.2, 0) is 27.6 Å². The van der Waals surface area contributed by atoms with Gasteiger partial charge in [-0.15, -0.1) is 0 Å². The van der Waals surface area contributed by atoms with Gasteiger partial charge in [0.05, 0.1) is 11.5 Å². The summed E-state index contributed by atoms with van der Waals surface area (Å²) in [6.45, 7) is 3.37. The highest BCUT2D eigenvalue weighted by Crippen LogP contribution is 2.25. The van der Waals surface area contributed by atoms with Crippen molar-refractivity contribution in [2.24, 2.45) is 5.92 Å². The molecule has 0 bridgehead atoms. The van der Waals surface area contributed by atoms with Crippen molar-refractivity contribution < 1.29 is 13.2 Å². The number of hydrogen-bond donors (Lipinski definition) is 1. The molecule has 3 rings (SSSR count). The predicted octanol–water partition coefficient (Wildman–Crippen LogP) is 2.27. The van der Waals surface area contributed by atoms with E-state index >= 15 is 0 Å². The van der Waals surface area contributed by atoms with Crippen LogP contribution in [0.15, 0.2) is 23.1 Å². The topological polar surface area (TPSA) is 55.4 Å². The van der Waals surface area contributed by atoms with E-state index in [1.807, 2.05) is 19.1 Å². The third kappa shape index (κ3) is 3.30. The van der Waals surface area contributed by atoms with Crippen LogP contribution in [0.2, 0.25) is 0 Å². The third-order valence-electron chi connectivity index (χ3n) is 4.62. The second kappa shape index (κ2) is 6.07. The number of hydrogen-bond acceptors (Lipinski definition) is 3. The summed E-state index contributed by atoms with van der Waals surface area (Å²) < 4.78 is 33.3. The smallest absolute Gasteiger partial charge is 0.240 e. The molecule has 2 unspecified atom stereocenters. The Kier molecular flexibility index (Phi) is 4.33. The maximum Gasteiger partial charge on any atom is 0.240 e. The van der Waals surface area contributed by atoms with Crippen LogP contribution in [0.4, 0.5) is 0 Å². The van der Waals surface area contributed by atoms with Crippen LogP contribution in [-0.4, -0.2) is 27.7 Å². The highest BCUT2D eigenvalue weighted by atomic mass is 32.2. The quantitative estimate of drug-likeness (QED) is 0.928. The SMILES string of the molecule is CC(NS(=O)(=O)c1ccc2c(c1)CCC2)C1CCCOC1. The number of rotatable bonds is 4. The Morgan fingerprint density at radius 1 is 1.24 bits per heavy atom. The van der Waals surface area contributed by atoms with Crippen molar-refractivity contribution in [2.75, 3.05) is 13.2 Å². The van der Waals surface area contributed by atoms with Crippen molar-refractivity contribution in [2.45, 2.75) is 50.0 Å². The summed E-state index contributed by atoms with van der Waals surface area (Å²) in [5, 5.41) is 0. The van der Waals surface area contributed by atoms with E-state index in [0.717, 1.165) is 38.7 Å². The molecule has 0 saturated carbocycles. The highest BCUT2D eigenvalue weighted by Gasteiger charge is 2.26. The molecule has 0 spiro atoms. The molecule has 1 fully saturated rings. The van der Waals surface area contributed by atoms with Crippen LogP contribution in [0.25, 0.3) is 0 Å². The van der Waals surface area contributed by atoms with Gasteiger partial charge in [0.15, 0.2) is 0 Å². The molecule has 2 atom stereocenters. The molecule has 5 heteroatoms. The van der Waals surface area contributed by atoms with Crippen molar-refractivity contribution in [3.05, 3.63) is 29.3 Å². The van der Waals surface area contributed by atoms with Crippen LogP contribution in [0.1, 0.15) is 37.3 Å². The fourth-order valence-corrected chi connectivity index (χ4v) is 4.65. The standard InChI is InChI=1S/C16H23NO3S/c1-12(15-6-3-9-20-11-15)17-21(18,19)16-8-7-13-4-2-5-14(13)10-16/h7-8,10,12,15,17H,2-6,9,11H2,1H3. The van der Waals surface area contributed by atoms with Gasteiger partial charge in [0.1, 0.15) is 0 Å². The molecule has 1 saturated heterocycles. The molecule has 4 nitrogen and oxygen atoms in total. The molecule has 0 radical (unpaired) electrons. The van der Waals surface area contributed by atoms with Gasteiger partial charge in [0.25, 0.3) is 0 Å². The van der Waals surface area contributed by atoms with Crippen molar-refractivity contribution in [3.8, 4) is 0 Å². The lowest BCUT2D eigenvalue weighted by molar-refractivity contribution is 0.0451. The lowest BCUT2D eigenvalue weighted by atomic mass is 9.96. The number of ether oxygens (including phenoxy) is 1. The number of sulfonamides is 1. The minimum Gasteiger partial charge on any atom is -0.381 e. The number of benzene rings is 1. The first-order valence-electron chi connectivity index (χ1n) is 7.78. The fraction of sp³-hybridized carbons (Fsp3) is 0.625. The molecule has 1 aliphatic heterocycles. The largest absolute Gasteiger partial charge is 0.381 e. The molecule has 1 aromatic rings. The summed E-state index contributed by atoms with van der Waals surface area (Å²) >= 11 is 0. The van der Waals surface area contributed by atoms with E-state index in [9.17, 15) is 8.42 Å². The van der Waals surface area contributed by atoms with Crippen LogP contribution in [0.3, 0.4) is 0 Å². The van der Waals surface area contributed by atoms with Gasteiger partial charge >= 0.3 is 0 Å². The van der Waals surface area contributed by atoms with E-state index in [4.69, 9.17) is 4.74 Å². The molecule has 0 aromatic heterocycles. The monoisotopic (exact) mass is 309 g/mol. The van der Waals surface area contributed by atoms with Gasteiger partial charge in [-0.25, -0.2) is 13.1 Å². The summed E-state index contributed by atoms with van der Waals surface area (Å²) in [6.07, 6.45) is 5.22. The Bertz CT molecular complexity index is 606. The summed E-state index contributed by atoms with van der Waals surface area (Å²) in [5.74, 6) is 0.267. The zero-order valence-electron chi connectivity index (χ0n) is 12.5. The highest BCUT2D eigenvalue weighted by molar-refractivity contribution is 7.89. The average Bonchev–Trinajstić information content (AvgIpc) is 2.95. The molecule has 2 aliphatic rings. The molecule has 1 aliphatic carbocycles. The maximum atomic E-state index is 12.5. The second-order valence-corrected chi connectivity index (χ2v) is 7.89. The second-order valence-electron chi connectivity index (χ2n) is 6.17. The summed E-state index contributed by atoms with van der Waals surface area (Å²) in [4.78, 5) is 0.395. The normalized spacial score (nSPS) is 23.8. The van der Waals surface area contributed by atoms with Crippen LogP contribution in [0.5, 0.6) is 0 Å². The van der Waals surface area contributed by atoms with Gasteiger partial charge in [-0.1, -0.05) is 6.07 Å². The van der Waals surface area contributed by atoms with Crippen LogP contribution in [0, 0.1) is 5.92 Å². The fourth-order valence-electron chi connectivity index (χ4n) is 3.28. The minimum absolute atomic E-state index is 0.0939. The van der Waals surface area contributed by atoms with Gasteiger partial charge in [0, 0.05) is 12.6 Å². The molecule has 1 N–H and O–H groups in total. The molecule has 1 aromatic carbocycles. The summed E-state index contributed by atoms with van der Waals surface area (Å²) in [5.41, 5.74) is 2.48. The molecule has 0 amide bonds. The van der Waals surface area contributed by atoms with E-state index < -0.39 is 10.0 Å². The van der Waals surface area contributed by atoms with Crippen molar-refractivity contribution in [1.29, 1.82) is 0 Å². The number of nitrogens with one attached hydrogen (secondary N) is 1. The van der Waals surface area contributed by atoms with Crippen LogP contribution < -0.4 is 4.72 Å². The Hall–Kier alpha value is -0.910. The van der Waals surface area contributed by atoms with Gasteiger partial charge in [-0.05, 0) is 68.2 Å². The minimum atomic E-state index is -3.44. The van der Waals surface area contributed by atoms with Gasteiger partial charge in [0.2, 0.25) is 10.0 Å². The maximum absolute atomic E-state index is 12.5. The Morgan fingerprint density at radius 3 is 2.81 bits per heavy atom. The van der Waals surface area contributed by atoms with Crippen LogP contribution >= 0.6 is 0 Å². The van der Waals surface area contributed by atoms with Crippen molar-refractivity contribution in [3.63, 3.8) is 0 Å². The van der Waals surface area contributed by atoms with E-state index in [-0.39, 0.29) is 12.0 Å². The Balaban J connectivity index is 1.74. The van der Waals surface area contributed by atoms with Gasteiger partial charge in [-0.2, -0.15) is 0 Å². The van der Waals surface area contributed by atoms with E-state index in [0.29, 0.717) is 11.5 Å². The molecule has 116 valence electrons. The first-order valence-corrected chi connectivity index (χ1v) is 9.26. The van der Waals surface area contributed by atoms with E-state index in [1.165, 1.54) is 11.1 Å². The van der Waals surface area contributed by atoms with Crippen molar-refractivity contribution in [1.82, 2.24) is 4.72 Å². The summed E-state index contributed by atoms with van der Waals surface area (Å²) in [6, 6.07) is 5.44. The average molecular weight is 309 g/mol. The molecular formula is C16H23NO3S. The summed E-state index contributed by atoms with van der Waals surface area (Å²) in [7, 11) is -3.44. The number of fused-ring (bicyclic) bond motifs is 1. The van der Waals surface area contributed by atoms with Crippen molar-refractivity contribution >= 4 is 10.0 Å². The molecule has 21 heavy (non-hydrogen) atoms. The number of aryl methyl sites for hydroxylation is 2. The predicted molar refractivity (Wildman–Crippen MR) is 81.8 cm³/mol. The van der Waals surface area contributed by atoms with E-state index in [2.05, 4.69) is 4.72 Å². The first-order chi connectivity index (χ1) is 10.1. The first kappa shape index (κ1) is 15.0. The van der Waals surface area contributed by atoms with E-state index in [1.54, 1.807) is 6.07 Å².